The molecule has 0 aliphatic heterocycles. The van der Waals surface area contributed by atoms with Gasteiger partial charge in [0.2, 0.25) is 0 Å². The van der Waals surface area contributed by atoms with Crippen molar-refractivity contribution in [3.63, 3.8) is 0 Å². The first-order valence-electron chi connectivity index (χ1n) is 6.45. The Morgan fingerprint density at radius 1 is 1.20 bits per heavy atom. The molecule has 1 amide bonds. The van der Waals surface area contributed by atoms with E-state index < -0.39 is 0 Å². The molecule has 0 unspecified atom stereocenters. The molecule has 0 saturated heterocycles. The average Bonchev–Trinajstić information content (AvgIpc) is 2.47. The molecule has 20 heavy (non-hydrogen) atoms. The summed E-state index contributed by atoms with van der Waals surface area (Å²) in [6.07, 6.45) is 0. The number of aryl methyl sites for hydroxylation is 1. The highest BCUT2D eigenvalue weighted by Gasteiger charge is 2.07. The number of anilines is 1. The monoisotopic (exact) mass is 270 g/mol. The summed E-state index contributed by atoms with van der Waals surface area (Å²) < 4.78 is 0. The van der Waals surface area contributed by atoms with Crippen LogP contribution in [0.1, 0.15) is 21.5 Å². The third kappa shape index (κ3) is 3.09. The van der Waals surface area contributed by atoms with E-state index in [0.717, 1.165) is 16.8 Å². The van der Waals surface area contributed by atoms with Crippen molar-refractivity contribution in [3.05, 3.63) is 59.2 Å². The number of phenolic OH excluding ortho intramolecular Hbond substituents is 1. The van der Waals surface area contributed by atoms with Gasteiger partial charge >= 0.3 is 0 Å². The van der Waals surface area contributed by atoms with Crippen LogP contribution in [0.5, 0.6) is 5.75 Å². The molecular weight excluding hydrogens is 252 g/mol. The smallest absolute Gasteiger partial charge is 0.251 e. The van der Waals surface area contributed by atoms with Gasteiger partial charge in [-0.05, 0) is 30.7 Å². The number of phenols is 1. The molecule has 0 aliphatic rings. The number of rotatable bonds is 4. The Balaban J connectivity index is 2.17. The maximum atomic E-state index is 11.6. The van der Waals surface area contributed by atoms with Gasteiger partial charge in [-0.1, -0.05) is 24.3 Å². The summed E-state index contributed by atoms with van der Waals surface area (Å²) in [5.41, 5.74) is 3.36. The highest BCUT2D eigenvalue weighted by molar-refractivity contribution is 5.95. The van der Waals surface area contributed by atoms with Crippen molar-refractivity contribution in [3.8, 4) is 5.75 Å². The highest BCUT2D eigenvalue weighted by atomic mass is 16.3. The fourth-order valence-corrected chi connectivity index (χ4v) is 1.95. The average molecular weight is 270 g/mol. The predicted molar refractivity (Wildman–Crippen MR) is 80.0 cm³/mol. The van der Waals surface area contributed by atoms with Gasteiger partial charge in [-0.25, -0.2) is 0 Å². The molecule has 0 spiro atoms. The van der Waals surface area contributed by atoms with Gasteiger partial charge in [0.05, 0.1) is 0 Å². The first-order chi connectivity index (χ1) is 9.61. The van der Waals surface area contributed by atoms with E-state index in [2.05, 4.69) is 10.6 Å². The Hall–Kier alpha value is -2.49. The quantitative estimate of drug-likeness (QED) is 0.800. The van der Waals surface area contributed by atoms with Gasteiger partial charge in [0.25, 0.3) is 5.91 Å². The first kappa shape index (κ1) is 13.9. The van der Waals surface area contributed by atoms with Crippen molar-refractivity contribution >= 4 is 11.6 Å². The molecule has 2 aromatic rings. The number of carbonyl (C=O) groups is 1. The summed E-state index contributed by atoms with van der Waals surface area (Å²) in [6.45, 7) is 2.48. The molecule has 104 valence electrons. The zero-order valence-corrected chi connectivity index (χ0v) is 11.6. The molecular formula is C16H18N2O2. The van der Waals surface area contributed by atoms with Crippen LogP contribution in [0.3, 0.4) is 0 Å². The van der Waals surface area contributed by atoms with Crippen LogP contribution in [-0.2, 0) is 6.54 Å². The van der Waals surface area contributed by atoms with Crippen molar-refractivity contribution in [1.29, 1.82) is 0 Å². The molecule has 4 heteroatoms. The largest absolute Gasteiger partial charge is 0.508 e. The molecule has 0 aromatic heterocycles. The van der Waals surface area contributed by atoms with E-state index in [0.29, 0.717) is 12.1 Å². The number of hydrogen-bond acceptors (Lipinski definition) is 3. The van der Waals surface area contributed by atoms with E-state index in [9.17, 15) is 9.90 Å². The summed E-state index contributed by atoms with van der Waals surface area (Å²) in [5, 5.41) is 15.6. The summed E-state index contributed by atoms with van der Waals surface area (Å²) in [4.78, 5) is 11.6. The summed E-state index contributed by atoms with van der Waals surface area (Å²) in [7, 11) is 1.61. The second-order valence-corrected chi connectivity index (χ2v) is 4.59. The van der Waals surface area contributed by atoms with Crippen molar-refractivity contribution in [2.24, 2.45) is 0 Å². The number of para-hydroxylation sites is 1. The fourth-order valence-electron chi connectivity index (χ4n) is 1.95. The van der Waals surface area contributed by atoms with Crippen LogP contribution in [-0.4, -0.2) is 18.1 Å². The Bertz CT molecular complexity index is 624. The molecule has 3 N–H and O–H groups in total. The van der Waals surface area contributed by atoms with Crippen LogP contribution in [0, 0.1) is 6.92 Å². The maximum absolute atomic E-state index is 11.6. The van der Waals surface area contributed by atoms with Crippen molar-refractivity contribution < 1.29 is 9.90 Å². The number of aromatic hydroxyl groups is 1. The minimum atomic E-state index is -0.115. The Morgan fingerprint density at radius 2 is 1.95 bits per heavy atom. The van der Waals surface area contributed by atoms with E-state index in [1.807, 2.05) is 31.2 Å². The van der Waals surface area contributed by atoms with E-state index in [1.54, 1.807) is 25.2 Å². The topological polar surface area (TPSA) is 61.4 Å². The van der Waals surface area contributed by atoms with Crippen molar-refractivity contribution in [1.82, 2.24) is 5.32 Å². The van der Waals surface area contributed by atoms with Gasteiger partial charge < -0.3 is 15.7 Å². The van der Waals surface area contributed by atoms with E-state index in [4.69, 9.17) is 0 Å². The van der Waals surface area contributed by atoms with Crippen molar-refractivity contribution in [2.45, 2.75) is 13.5 Å². The lowest BCUT2D eigenvalue weighted by Crippen LogP contribution is -2.18. The van der Waals surface area contributed by atoms with Crippen molar-refractivity contribution in [2.75, 3.05) is 12.4 Å². The number of carbonyl (C=O) groups excluding carboxylic acids is 1. The van der Waals surface area contributed by atoms with Gasteiger partial charge in [-0.2, -0.15) is 0 Å². The Kier molecular flexibility index (Phi) is 4.25. The molecule has 2 rings (SSSR count). The van der Waals surface area contributed by atoms with Gasteiger partial charge in [0.1, 0.15) is 5.75 Å². The lowest BCUT2D eigenvalue weighted by atomic mass is 10.1. The van der Waals surface area contributed by atoms with Crippen LogP contribution in [0.2, 0.25) is 0 Å². The van der Waals surface area contributed by atoms with Crippen LogP contribution in [0.4, 0.5) is 5.69 Å². The fraction of sp³-hybridized carbons (Fsp3) is 0.188. The lowest BCUT2D eigenvalue weighted by Gasteiger charge is -2.12. The molecule has 4 nitrogen and oxygen atoms in total. The predicted octanol–water partition coefficient (Wildman–Crippen LogP) is 2.67. The molecule has 0 saturated carbocycles. The normalized spacial score (nSPS) is 10.1. The highest BCUT2D eigenvalue weighted by Crippen LogP contribution is 2.21. The second kappa shape index (κ2) is 6.10. The van der Waals surface area contributed by atoms with E-state index >= 15 is 0 Å². The number of nitrogens with one attached hydrogen (secondary N) is 2. The standard InChI is InChI=1S/C16H18N2O2/c1-11-7-8-12(16(20)17-2)9-14(11)18-10-13-5-3-4-6-15(13)19/h3-9,18-19H,10H2,1-2H3,(H,17,20). The van der Waals surface area contributed by atoms with Crippen LogP contribution >= 0.6 is 0 Å². The zero-order chi connectivity index (χ0) is 14.5. The molecule has 0 atom stereocenters. The van der Waals surface area contributed by atoms with Crippen LogP contribution in [0.25, 0.3) is 0 Å². The third-order valence-corrected chi connectivity index (χ3v) is 3.19. The van der Waals surface area contributed by atoms with E-state index in [-0.39, 0.29) is 11.7 Å². The Morgan fingerprint density at radius 3 is 2.65 bits per heavy atom. The molecule has 0 heterocycles. The SMILES string of the molecule is CNC(=O)c1ccc(C)c(NCc2ccccc2O)c1. The first-order valence-corrected chi connectivity index (χ1v) is 6.45. The van der Waals surface area contributed by atoms with Gasteiger partial charge in [0, 0.05) is 30.4 Å². The molecule has 0 radical (unpaired) electrons. The maximum Gasteiger partial charge on any atom is 0.251 e. The minimum absolute atomic E-state index is 0.115. The summed E-state index contributed by atoms with van der Waals surface area (Å²) in [6, 6.07) is 12.7. The zero-order valence-electron chi connectivity index (χ0n) is 11.6. The molecule has 0 bridgehead atoms. The Labute approximate surface area is 118 Å². The lowest BCUT2D eigenvalue weighted by molar-refractivity contribution is 0.0963. The van der Waals surface area contributed by atoms with Gasteiger partial charge in [-0.3, -0.25) is 4.79 Å². The molecule has 0 fully saturated rings. The molecule has 2 aromatic carbocycles. The second-order valence-electron chi connectivity index (χ2n) is 4.59. The minimum Gasteiger partial charge on any atom is -0.508 e. The number of amides is 1. The number of hydrogen-bond donors (Lipinski definition) is 3. The summed E-state index contributed by atoms with van der Waals surface area (Å²) >= 11 is 0. The summed E-state index contributed by atoms with van der Waals surface area (Å²) in [5.74, 6) is 0.149. The van der Waals surface area contributed by atoms with Gasteiger partial charge in [0.15, 0.2) is 0 Å². The van der Waals surface area contributed by atoms with Gasteiger partial charge in [-0.15, -0.1) is 0 Å². The molecule has 0 aliphatic carbocycles. The van der Waals surface area contributed by atoms with E-state index in [1.165, 1.54) is 0 Å². The van der Waals surface area contributed by atoms with Crippen LogP contribution in [0.15, 0.2) is 42.5 Å². The van der Waals surface area contributed by atoms with Crippen LogP contribution < -0.4 is 10.6 Å². The third-order valence-electron chi connectivity index (χ3n) is 3.19. The number of benzene rings is 2.